The van der Waals surface area contributed by atoms with Gasteiger partial charge in [-0.1, -0.05) is 17.7 Å². The fourth-order valence-electron chi connectivity index (χ4n) is 1.72. The molecular formula is C11H14ClNO3S. The Bertz CT molecular complexity index is 499. The molecule has 0 amide bonds. The van der Waals surface area contributed by atoms with E-state index in [0.717, 1.165) is 12.8 Å². The Hall–Kier alpha value is -0.620. The zero-order chi connectivity index (χ0) is 12.5. The van der Waals surface area contributed by atoms with Crippen LogP contribution in [-0.4, -0.2) is 37.0 Å². The lowest BCUT2D eigenvalue weighted by Gasteiger charge is -2.20. The number of hydrogen-bond acceptors (Lipinski definition) is 3. The summed E-state index contributed by atoms with van der Waals surface area (Å²) < 4.78 is 26.0. The van der Waals surface area contributed by atoms with Gasteiger partial charge in [0.05, 0.1) is 11.5 Å². The maximum absolute atomic E-state index is 12.3. The molecule has 6 heteroatoms. The Labute approximate surface area is 106 Å². The van der Waals surface area contributed by atoms with E-state index in [1.807, 2.05) is 0 Å². The predicted molar refractivity (Wildman–Crippen MR) is 65.5 cm³/mol. The first kappa shape index (κ1) is 12.8. The summed E-state index contributed by atoms with van der Waals surface area (Å²) >= 11 is 5.80. The Kier molecular flexibility index (Phi) is 3.73. The van der Waals surface area contributed by atoms with Gasteiger partial charge in [0, 0.05) is 17.6 Å². The van der Waals surface area contributed by atoms with Crippen LogP contribution in [0, 0.1) is 0 Å². The molecule has 0 spiro atoms. The van der Waals surface area contributed by atoms with Crippen molar-refractivity contribution in [3.63, 3.8) is 0 Å². The maximum Gasteiger partial charge on any atom is 0.243 e. The van der Waals surface area contributed by atoms with E-state index in [2.05, 4.69) is 0 Å². The minimum atomic E-state index is -3.53. The highest BCUT2D eigenvalue weighted by atomic mass is 35.5. The summed E-state index contributed by atoms with van der Waals surface area (Å²) in [5.41, 5.74) is 0. The molecule has 2 rings (SSSR count). The second kappa shape index (κ2) is 4.94. The highest BCUT2D eigenvalue weighted by molar-refractivity contribution is 7.89. The molecule has 1 saturated carbocycles. The lowest BCUT2D eigenvalue weighted by atomic mass is 10.4. The van der Waals surface area contributed by atoms with Gasteiger partial charge in [-0.25, -0.2) is 8.42 Å². The molecule has 0 bridgehead atoms. The van der Waals surface area contributed by atoms with E-state index in [-0.39, 0.29) is 24.1 Å². The van der Waals surface area contributed by atoms with Crippen molar-refractivity contribution in [2.24, 2.45) is 0 Å². The monoisotopic (exact) mass is 275 g/mol. The second-order valence-electron chi connectivity index (χ2n) is 4.03. The van der Waals surface area contributed by atoms with Crippen LogP contribution in [0.4, 0.5) is 0 Å². The molecule has 1 aliphatic rings. The van der Waals surface area contributed by atoms with E-state index in [0.29, 0.717) is 5.02 Å². The second-order valence-corrected chi connectivity index (χ2v) is 6.35. The summed E-state index contributed by atoms with van der Waals surface area (Å²) in [6.07, 6.45) is 1.72. The minimum absolute atomic E-state index is 0.0335. The molecule has 1 fully saturated rings. The first-order valence-corrected chi connectivity index (χ1v) is 7.26. The van der Waals surface area contributed by atoms with E-state index in [1.165, 1.54) is 16.4 Å². The summed E-state index contributed by atoms with van der Waals surface area (Å²) in [5, 5.41) is 9.34. The summed E-state index contributed by atoms with van der Waals surface area (Å²) in [6.45, 7) is -0.0319. The minimum Gasteiger partial charge on any atom is -0.395 e. The fraction of sp³-hybridized carbons (Fsp3) is 0.455. The first-order chi connectivity index (χ1) is 8.05. The largest absolute Gasteiger partial charge is 0.395 e. The zero-order valence-corrected chi connectivity index (χ0v) is 10.8. The van der Waals surface area contributed by atoms with Crippen molar-refractivity contribution in [1.82, 2.24) is 4.31 Å². The average Bonchev–Trinajstić information content (AvgIpc) is 3.09. The van der Waals surface area contributed by atoms with Gasteiger partial charge in [0.2, 0.25) is 10.0 Å². The normalized spacial score (nSPS) is 16.4. The third kappa shape index (κ3) is 2.80. The smallest absolute Gasteiger partial charge is 0.243 e. The Morgan fingerprint density at radius 2 is 2.12 bits per heavy atom. The molecule has 0 heterocycles. The van der Waals surface area contributed by atoms with E-state index in [9.17, 15) is 8.42 Å². The van der Waals surface area contributed by atoms with Gasteiger partial charge in [0.25, 0.3) is 0 Å². The van der Waals surface area contributed by atoms with Crippen LogP contribution < -0.4 is 0 Å². The number of benzene rings is 1. The van der Waals surface area contributed by atoms with Crippen LogP contribution in [-0.2, 0) is 10.0 Å². The van der Waals surface area contributed by atoms with Gasteiger partial charge < -0.3 is 5.11 Å². The van der Waals surface area contributed by atoms with Gasteiger partial charge in [-0.05, 0) is 31.0 Å². The van der Waals surface area contributed by atoms with Crippen LogP contribution in [0.2, 0.25) is 5.02 Å². The predicted octanol–water partition coefficient (Wildman–Crippen LogP) is 1.49. The van der Waals surface area contributed by atoms with Gasteiger partial charge in [-0.3, -0.25) is 0 Å². The highest BCUT2D eigenvalue weighted by Gasteiger charge is 2.37. The Morgan fingerprint density at radius 1 is 1.41 bits per heavy atom. The van der Waals surface area contributed by atoms with E-state index < -0.39 is 10.0 Å². The lowest BCUT2D eigenvalue weighted by Crippen LogP contribution is -2.35. The number of sulfonamides is 1. The van der Waals surface area contributed by atoms with Gasteiger partial charge in [0.15, 0.2) is 0 Å². The number of aliphatic hydroxyl groups is 1. The van der Waals surface area contributed by atoms with Crippen LogP contribution in [0.5, 0.6) is 0 Å². The van der Waals surface area contributed by atoms with Gasteiger partial charge in [-0.15, -0.1) is 0 Å². The number of rotatable bonds is 5. The van der Waals surface area contributed by atoms with E-state index >= 15 is 0 Å². The van der Waals surface area contributed by atoms with Crippen LogP contribution in [0.25, 0.3) is 0 Å². The maximum atomic E-state index is 12.3. The molecule has 0 aliphatic heterocycles. The van der Waals surface area contributed by atoms with Crippen LogP contribution in [0.1, 0.15) is 12.8 Å². The van der Waals surface area contributed by atoms with Crippen LogP contribution >= 0.6 is 11.6 Å². The third-order valence-corrected chi connectivity index (χ3v) is 4.86. The number of hydrogen-bond donors (Lipinski definition) is 1. The summed E-state index contributed by atoms with van der Waals surface area (Å²) in [5.74, 6) is 0. The van der Waals surface area contributed by atoms with Crippen molar-refractivity contribution in [1.29, 1.82) is 0 Å². The highest BCUT2D eigenvalue weighted by Crippen LogP contribution is 2.32. The molecule has 94 valence electrons. The van der Waals surface area contributed by atoms with Crippen molar-refractivity contribution in [3.05, 3.63) is 29.3 Å². The molecule has 0 saturated heterocycles. The fourth-order valence-corrected chi connectivity index (χ4v) is 3.70. The van der Waals surface area contributed by atoms with Crippen molar-refractivity contribution >= 4 is 21.6 Å². The molecule has 1 N–H and O–H groups in total. The standard InChI is InChI=1S/C11H14ClNO3S/c12-9-2-1-3-11(8-9)17(15,16)13(6-7-14)10-4-5-10/h1-3,8,10,14H,4-7H2. The van der Waals surface area contributed by atoms with Crippen molar-refractivity contribution in [3.8, 4) is 0 Å². The lowest BCUT2D eigenvalue weighted by molar-refractivity contribution is 0.250. The van der Waals surface area contributed by atoms with E-state index in [4.69, 9.17) is 16.7 Å². The average molecular weight is 276 g/mol. The molecule has 0 unspecified atom stereocenters. The molecule has 0 atom stereocenters. The summed E-state index contributed by atoms with van der Waals surface area (Å²) in [4.78, 5) is 0.186. The SMILES string of the molecule is O=S(=O)(c1cccc(Cl)c1)N(CCO)C1CC1. The Morgan fingerprint density at radius 3 is 2.65 bits per heavy atom. The van der Waals surface area contributed by atoms with E-state index in [1.54, 1.807) is 12.1 Å². The summed E-state index contributed by atoms with van der Waals surface area (Å²) in [6, 6.07) is 6.23. The van der Waals surface area contributed by atoms with Crippen LogP contribution in [0.15, 0.2) is 29.2 Å². The number of halogens is 1. The van der Waals surface area contributed by atoms with Gasteiger partial charge in [-0.2, -0.15) is 4.31 Å². The summed E-state index contributed by atoms with van der Waals surface area (Å²) in [7, 11) is -3.53. The number of aliphatic hydroxyl groups excluding tert-OH is 1. The zero-order valence-electron chi connectivity index (χ0n) is 9.21. The van der Waals surface area contributed by atoms with Crippen molar-refractivity contribution in [2.45, 2.75) is 23.8 Å². The first-order valence-electron chi connectivity index (χ1n) is 5.44. The van der Waals surface area contributed by atoms with Crippen molar-refractivity contribution in [2.75, 3.05) is 13.2 Å². The molecule has 1 aliphatic carbocycles. The molecule has 4 nitrogen and oxygen atoms in total. The number of nitrogens with zero attached hydrogens (tertiary/aromatic N) is 1. The van der Waals surface area contributed by atoms with Crippen molar-refractivity contribution < 1.29 is 13.5 Å². The molecule has 0 aromatic heterocycles. The third-order valence-electron chi connectivity index (χ3n) is 2.68. The van der Waals surface area contributed by atoms with Gasteiger partial charge >= 0.3 is 0 Å². The quantitative estimate of drug-likeness (QED) is 0.886. The van der Waals surface area contributed by atoms with Crippen LogP contribution in [0.3, 0.4) is 0 Å². The molecular weight excluding hydrogens is 262 g/mol. The molecule has 17 heavy (non-hydrogen) atoms. The molecule has 1 aromatic carbocycles. The Balaban J connectivity index is 2.33. The molecule has 0 radical (unpaired) electrons. The molecule has 1 aromatic rings. The van der Waals surface area contributed by atoms with Gasteiger partial charge in [0.1, 0.15) is 0 Å². The topological polar surface area (TPSA) is 57.6 Å².